The van der Waals surface area contributed by atoms with Crippen molar-refractivity contribution in [1.29, 1.82) is 0 Å². The maximum atomic E-state index is 12.4. The molecule has 0 spiro atoms. The molecular weight excluding hydrogens is 336 g/mol. The molecule has 3 rings (SSSR count). The van der Waals surface area contributed by atoms with E-state index in [0.29, 0.717) is 5.02 Å². The number of esters is 1. The first-order chi connectivity index (χ1) is 11.8. The zero-order chi connectivity index (χ0) is 18.0. The van der Waals surface area contributed by atoms with Crippen molar-refractivity contribution in [3.63, 3.8) is 0 Å². The number of halogens is 1. The van der Waals surface area contributed by atoms with Crippen molar-refractivity contribution >= 4 is 17.6 Å². The lowest BCUT2D eigenvalue weighted by atomic mass is 10.1. The number of carbonyl (C=O) groups excluding carboxylic acids is 1. The van der Waals surface area contributed by atoms with Crippen LogP contribution >= 0.6 is 11.6 Å². The van der Waals surface area contributed by atoms with Crippen molar-refractivity contribution in [2.45, 2.75) is 26.4 Å². The summed E-state index contributed by atoms with van der Waals surface area (Å²) in [6.45, 7) is 5.50. The predicted octanol–water partition coefficient (Wildman–Crippen LogP) is 5.15. The minimum atomic E-state index is -0.575. The summed E-state index contributed by atoms with van der Waals surface area (Å²) in [5.41, 5.74) is 2.28. The van der Waals surface area contributed by atoms with E-state index in [4.69, 9.17) is 16.3 Å². The molecule has 3 aromatic rings. The Labute approximate surface area is 152 Å². The van der Waals surface area contributed by atoms with Crippen LogP contribution in [0.2, 0.25) is 5.02 Å². The number of rotatable bonds is 3. The maximum Gasteiger partial charge on any atom is 0.359 e. The smallest absolute Gasteiger partial charge is 0.359 e. The Morgan fingerprint density at radius 1 is 1.04 bits per heavy atom. The minimum absolute atomic E-state index is 0.267. The fourth-order valence-electron chi connectivity index (χ4n) is 2.40. The molecule has 25 heavy (non-hydrogen) atoms. The zero-order valence-corrected chi connectivity index (χ0v) is 15.1. The fraction of sp³-hybridized carbons (Fsp3) is 0.200. The molecule has 4 nitrogen and oxygen atoms in total. The first-order valence-electron chi connectivity index (χ1n) is 7.98. The second-order valence-corrected chi connectivity index (χ2v) is 7.11. The summed E-state index contributed by atoms with van der Waals surface area (Å²) in [5.74, 6) is -0.447. The molecule has 1 aromatic heterocycles. The molecule has 0 unspecified atom stereocenters. The van der Waals surface area contributed by atoms with E-state index in [1.54, 1.807) is 22.9 Å². The summed E-state index contributed by atoms with van der Waals surface area (Å²) >= 11 is 5.98. The number of carbonyl (C=O) groups is 1. The predicted molar refractivity (Wildman–Crippen MR) is 99.2 cm³/mol. The number of hydrogen-bond donors (Lipinski definition) is 0. The Hall–Kier alpha value is -2.59. The second-order valence-electron chi connectivity index (χ2n) is 6.67. The lowest BCUT2D eigenvalue weighted by Gasteiger charge is -2.18. The van der Waals surface area contributed by atoms with E-state index >= 15 is 0 Å². The van der Waals surface area contributed by atoms with E-state index in [0.717, 1.165) is 16.9 Å². The molecule has 0 radical (unpaired) electrons. The number of hydrogen-bond acceptors (Lipinski definition) is 3. The molecule has 0 aliphatic carbocycles. The topological polar surface area (TPSA) is 44.1 Å². The zero-order valence-electron chi connectivity index (χ0n) is 14.4. The largest absolute Gasteiger partial charge is 0.455 e. The number of benzene rings is 2. The molecule has 2 aromatic carbocycles. The van der Waals surface area contributed by atoms with E-state index in [-0.39, 0.29) is 5.69 Å². The molecule has 0 saturated carbocycles. The molecule has 0 fully saturated rings. The minimum Gasteiger partial charge on any atom is -0.455 e. The van der Waals surface area contributed by atoms with Crippen LogP contribution in [-0.4, -0.2) is 21.4 Å². The first kappa shape index (κ1) is 17.2. The number of nitrogens with zero attached hydrogens (tertiary/aromatic N) is 2. The average molecular weight is 355 g/mol. The van der Waals surface area contributed by atoms with Crippen LogP contribution in [0.3, 0.4) is 0 Å². The quantitative estimate of drug-likeness (QED) is 0.611. The molecule has 0 amide bonds. The van der Waals surface area contributed by atoms with Gasteiger partial charge in [-0.2, -0.15) is 5.10 Å². The summed E-state index contributed by atoms with van der Waals surface area (Å²) in [6, 6.07) is 18.8. The highest BCUT2D eigenvalue weighted by atomic mass is 35.5. The van der Waals surface area contributed by atoms with Gasteiger partial charge in [0.15, 0.2) is 5.69 Å². The van der Waals surface area contributed by atoms with Crippen molar-refractivity contribution in [3.05, 3.63) is 71.4 Å². The third kappa shape index (κ3) is 4.09. The summed E-state index contributed by atoms with van der Waals surface area (Å²) < 4.78 is 7.17. The van der Waals surface area contributed by atoms with Crippen LogP contribution in [0.15, 0.2) is 60.7 Å². The van der Waals surface area contributed by atoms with Crippen molar-refractivity contribution in [3.8, 4) is 16.9 Å². The Bertz CT molecular complexity index is 878. The summed E-state index contributed by atoms with van der Waals surface area (Å²) in [7, 11) is 0. The molecule has 0 bridgehead atoms. The Morgan fingerprint density at radius 3 is 2.28 bits per heavy atom. The highest BCUT2D eigenvalue weighted by Gasteiger charge is 2.22. The molecule has 1 heterocycles. The molecule has 0 aliphatic heterocycles. The van der Waals surface area contributed by atoms with Gasteiger partial charge in [0.05, 0.1) is 11.4 Å². The fourth-order valence-corrected chi connectivity index (χ4v) is 2.53. The van der Waals surface area contributed by atoms with Gasteiger partial charge in [-0.25, -0.2) is 9.48 Å². The lowest BCUT2D eigenvalue weighted by Crippen LogP contribution is -2.24. The third-order valence-corrected chi connectivity index (χ3v) is 3.71. The Balaban J connectivity index is 2.09. The molecule has 5 heteroatoms. The van der Waals surface area contributed by atoms with Crippen LogP contribution in [0.1, 0.15) is 31.3 Å². The van der Waals surface area contributed by atoms with E-state index in [1.165, 1.54) is 0 Å². The van der Waals surface area contributed by atoms with Crippen molar-refractivity contribution < 1.29 is 9.53 Å². The van der Waals surface area contributed by atoms with Crippen LogP contribution in [0.5, 0.6) is 0 Å². The van der Waals surface area contributed by atoms with Crippen LogP contribution < -0.4 is 0 Å². The Kier molecular flexibility index (Phi) is 4.64. The van der Waals surface area contributed by atoms with Crippen molar-refractivity contribution in [1.82, 2.24) is 9.78 Å². The molecular formula is C20H19ClN2O2. The van der Waals surface area contributed by atoms with E-state index in [1.807, 2.05) is 63.2 Å². The normalized spacial score (nSPS) is 11.4. The highest BCUT2D eigenvalue weighted by molar-refractivity contribution is 6.30. The molecule has 0 saturated heterocycles. The summed E-state index contributed by atoms with van der Waals surface area (Å²) in [6.07, 6.45) is 0. The van der Waals surface area contributed by atoms with Crippen molar-refractivity contribution in [2.24, 2.45) is 0 Å². The summed E-state index contributed by atoms with van der Waals surface area (Å²) in [4.78, 5) is 12.4. The van der Waals surface area contributed by atoms with Gasteiger partial charge in [0.1, 0.15) is 5.60 Å². The van der Waals surface area contributed by atoms with Crippen LogP contribution in [-0.2, 0) is 4.74 Å². The van der Waals surface area contributed by atoms with Crippen LogP contribution in [0.25, 0.3) is 16.9 Å². The standard InChI is InChI=1S/C20H19ClN2O2/c1-20(2,3)25-19(24)17-13-18(14-7-5-4-6-8-14)23(22-17)16-11-9-15(21)10-12-16/h4-13H,1-3H3. The Morgan fingerprint density at radius 2 is 1.68 bits per heavy atom. The van der Waals surface area contributed by atoms with Crippen LogP contribution in [0, 0.1) is 0 Å². The van der Waals surface area contributed by atoms with Gasteiger partial charge < -0.3 is 4.74 Å². The molecule has 0 aliphatic rings. The summed E-state index contributed by atoms with van der Waals surface area (Å²) in [5, 5.41) is 5.11. The third-order valence-electron chi connectivity index (χ3n) is 3.46. The van der Waals surface area contributed by atoms with Gasteiger partial charge in [-0.1, -0.05) is 41.9 Å². The lowest BCUT2D eigenvalue weighted by molar-refractivity contribution is 0.00624. The van der Waals surface area contributed by atoms with Gasteiger partial charge in [0, 0.05) is 10.6 Å². The maximum absolute atomic E-state index is 12.4. The monoisotopic (exact) mass is 354 g/mol. The van der Waals surface area contributed by atoms with Gasteiger partial charge >= 0.3 is 5.97 Å². The number of ether oxygens (including phenoxy) is 1. The number of aromatic nitrogens is 2. The average Bonchev–Trinajstić information content (AvgIpc) is 3.00. The molecule has 0 N–H and O–H groups in total. The van der Waals surface area contributed by atoms with Gasteiger partial charge in [0.25, 0.3) is 0 Å². The van der Waals surface area contributed by atoms with Gasteiger partial charge in [0.2, 0.25) is 0 Å². The van der Waals surface area contributed by atoms with Gasteiger partial charge in [-0.3, -0.25) is 0 Å². The van der Waals surface area contributed by atoms with Crippen LogP contribution in [0.4, 0.5) is 0 Å². The van der Waals surface area contributed by atoms with E-state index in [9.17, 15) is 4.79 Å². The molecule has 128 valence electrons. The highest BCUT2D eigenvalue weighted by Crippen LogP contribution is 2.25. The van der Waals surface area contributed by atoms with E-state index < -0.39 is 11.6 Å². The van der Waals surface area contributed by atoms with Gasteiger partial charge in [-0.05, 0) is 51.1 Å². The SMILES string of the molecule is CC(C)(C)OC(=O)c1cc(-c2ccccc2)n(-c2ccc(Cl)cc2)n1. The second kappa shape index (κ2) is 6.73. The first-order valence-corrected chi connectivity index (χ1v) is 8.36. The molecule has 0 atom stereocenters. The van der Waals surface area contributed by atoms with E-state index in [2.05, 4.69) is 5.10 Å². The van der Waals surface area contributed by atoms with Gasteiger partial charge in [-0.15, -0.1) is 0 Å². The van der Waals surface area contributed by atoms with Crippen molar-refractivity contribution in [2.75, 3.05) is 0 Å².